The van der Waals surface area contributed by atoms with Crippen LogP contribution in [0.5, 0.6) is 0 Å². The van der Waals surface area contributed by atoms with Crippen molar-refractivity contribution in [3.63, 3.8) is 0 Å². The minimum absolute atomic E-state index is 0.0829. The maximum Gasteiger partial charge on any atom is 0.0677 e. The van der Waals surface area contributed by atoms with Gasteiger partial charge in [-0.25, -0.2) is 0 Å². The molecule has 17 heavy (non-hydrogen) atoms. The molecule has 2 rings (SSSR count). The summed E-state index contributed by atoms with van der Waals surface area (Å²) in [5, 5.41) is -0.0829. The lowest BCUT2D eigenvalue weighted by molar-refractivity contribution is 0.704. The smallest absolute Gasteiger partial charge is 0.0677 e. The fraction of sp³-hybridized carbons (Fsp3) is 0.214. The molecule has 0 fully saturated rings. The number of halogens is 2. The molecule has 0 saturated carbocycles. The lowest BCUT2D eigenvalue weighted by Crippen LogP contribution is -2.04. The van der Waals surface area contributed by atoms with E-state index in [1.807, 2.05) is 42.5 Å². The summed E-state index contributed by atoms with van der Waals surface area (Å²) in [6, 6.07) is 14.0. The van der Waals surface area contributed by atoms with Crippen LogP contribution < -0.4 is 0 Å². The average Bonchev–Trinajstić information content (AvgIpc) is 2.39. The summed E-state index contributed by atoms with van der Waals surface area (Å²) in [6.45, 7) is 2.10. The fourth-order valence-electron chi connectivity index (χ4n) is 1.76. The molecule has 2 unspecified atom stereocenters. The third kappa shape index (κ3) is 2.88. The number of nitrogens with zero attached hydrogens (tertiary/aromatic N) is 1. The van der Waals surface area contributed by atoms with Gasteiger partial charge in [-0.3, -0.25) is 4.98 Å². The van der Waals surface area contributed by atoms with E-state index in [0.717, 1.165) is 15.7 Å². The predicted octanol–water partition coefficient (Wildman–Crippen LogP) is 4.93. The van der Waals surface area contributed by atoms with Crippen molar-refractivity contribution in [2.24, 2.45) is 0 Å². The minimum atomic E-state index is -0.0829. The summed E-state index contributed by atoms with van der Waals surface area (Å²) in [5.74, 6) is 0.177. The first-order valence-electron chi connectivity index (χ1n) is 5.49. The highest BCUT2D eigenvalue weighted by Gasteiger charge is 2.20. The van der Waals surface area contributed by atoms with E-state index in [0.29, 0.717) is 0 Å². The van der Waals surface area contributed by atoms with Gasteiger partial charge in [-0.15, -0.1) is 11.6 Å². The van der Waals surface area contributed by atoms with E-state index in [2.05, 4.69) is 27.8 Å². The fourth-order valence-corrected chi connectivity index (χ4v) is 2.75. The van der Waals surface area contributed by atoms with Crippen molar-refractivity contribution in [2.45, 2.75) is 18.2 Å². The zero-order valence-corrected chi connectivity index (χ0v) is 11.8. The second-order valence-corrected chi connectivity index (χ2v) is 5.29. The zero-order valence-electron chi connectivity index (χ0n) is 9.48. The molecule has 0 radical (unpaired) electrons. The van der Waals surface area contributed by atoms with E-state index in [-0.39, 0.29) is 11.3 Å². The number of hydrogen-bond acceptors (Lipinski definition) is 1. The van der Waals surface area contributed by atoms with Crippen LogP contribution in [0.3, 0.4) is 0 Å². The van der Waals surface area contributed by atoms with Gasteiger partial charge < -0.3 is 0 Å². The van der Waals surface area contributed by atoms with Crippen molar-refractivity contribution in [1.82, 2.24) is 4.98 Å². The van der Waals surface area contributed by atoms with Crippen LogP contribution in [-0.4, -0.2) is 4.98 Å². The van der Waals surface area contributed by atoms with Crippen molar-refractivity contribution < 1.29 is 0 Å². The van der Waals surface area contributed by atoms with E-state index in [1.165, 1.54) is 0 Å². The van der Waals surface area contributed by atoms with Crippen molar-refractivity contribution in [3.8, 4) is 0 Å². The highest BCUT2D eigenvalue weighted by molar-refractivity contribution is 9.10. The molecule has 0 spiro atoms. The molecule has 0 saturated heterocycles. The van der Waals surface area contributed by atoms with Gasteiger partial charge >= 0.3 is 0 Å². The van der Waals surface area contributed by atoms with Crippen LogP contribution in [-0.2, 0) is 0 Å². The molecule has 3 heteroatoms. The van der Waals surface area contributed by atoms with Gasteiger partial charge in [-0.1, -0.05) is 47.1 Å². The summed E-state index contributed by atoms with van der Waals surface area (Å²) >= 11 is 10.1. The highest BCUT2D eigenvalue weighted by atomic mass is 79.9. The van der Waals surface area contributed by atoms with Crippen LogP contribution in [0.1, 0.15) is 29.5 Å². The maximum atomic E-state index is 6.53. The van der Waals surface area contributed by atoms with E-state index in [1.54, 1.807) is 6.20 Å². The molecule has 1 heterocycles. The van der Waals surface area contributed by atoms with E-state index in [4.69, 9.17) is 11.6 Å². The second kappa shape index (κ2) is 5.65. The third-order valence-electron chi connectivity index (χ3n) is 2.80. The molecule has 0 aliphatic heterocycles. The van der Waals surface area contributed by atoms with Gasteiger partial charge in [-0.2, -0.15) is 0 Å². The average molecular weight is 311 g/mol. The Balaban J connectivity index is 2.27. The summed E-state index contributed by atoms with van der Waals surface area (Å²) in [4.78, 5) is 4.36. The predicted molar refractivity (Wildman–Crippen MR) is 75.4 cm³/mol. The van der Waals surface area contributed by atoms with Crippen molar-refractivity contribution in [2.75, 3.05) is 0 Å². The Kier molecular flexibility index (Phi) is 4.19. The largest absolute Gasteiger partial charge is 0.261 e. The molecule has 0 amide bonds. The molecule has 0 aliphatic rings. The molecule has 0 bridgehead atoms. The molecule has 1 aromatic carbocycles. The summed E-state index contributed by atoms with van der Waals surface area (Å²) in [7, 11) is 0. The Morgan fingerprint density at radius 1 is 1.12 bits per heavy atom. The first kappa shape index (κ1) is 12.6. The monoisotopic (exact) mass is 309 g/mol. The molecule has 1 aromatic heterocycles. The normalized spacial score (nSPS) is 14.3. The Morgan fingerprint density at radius 2 is 1.82 bits per heavy atom. The maximum absolute atomic E-state index is 6.53. The molecule has 88 valence electrons. The molecule has 1 nitrogen and oxygen atoms in total. The number of rotatable bonds is 3. The van der Waals surface area contributed by atoms with Crippen molar-refractivity contribution in [3.05, 3.63) is 64.4 Å². The van der Waals surface area contributed by atoms with Gasteiger partial charge in [0.05, 0.1) is 5.38 Å². The molecule has 2 atom stereocenters. The zero-order chi connectivity index (χ0) is 12.3. The van der Waals surface area contributed by atoms with Crippen LogP contribution in [0.25, 0.3) is 0 Å². The highest BCUT2D eigenvalue weighted by Crippen LogP contribution is 2.38. The third-order valence-corrected chi connectivity index (χ3v) is 4.13. The van der Waals surface area contributed by atoms with Gasteiger partial charge in [0.25, 0.3) is 0 Å². The van der Waals surface area contributed by atoms with Gasteiger partial charge in [0.1, 0.15) is 0 Å². The number of benzene rings is 1. The van der Waals surface area contributed by atoms with E-state index >= 15 is 0 Å². The SMILES string of the molecule is CC(c1ccccn1)C(Cl)c1ccccc1Br. The Morgan fingerprint density at radius 3 is 2.47 bits per heavy atom. The van der Waals surface area contributed by atoms with Crippen LogP contribution in [0.4, 0.5) is 0 Å². The van der Waals surface area contributed by atoms with E-state index in [9.17, 15) is 0 Å². The van der Waals surface area contributed by atoms with Crippen LogP contribution in [0.15, 0.2) is 53.1 Å². The van der Waals surface area contributed by atoms with Crippen LogP contribution in [0.2, 0.25) is 0 Å². The number of alkyl halides is 1. The minimum Gasteiger partial charge on any atom is -0.261 e. The molecule has 0 N–H and O–H groups in total. The number of hydrogen-bond donors (Lipinski definition) is 0. The van der Waals surface area contributed by atoms with Gasteiger partial charge in [-0.05, 0) is 23.8 Å². The Hall–Kier alpha value is -0.860. The summed E-state index contributed by atoms with van der Waals surface area (Å²) in [5.41, 5.74) is 2.12. The van der Waals surface area contributed by atoms with Crippen LogP contribution >= 0.6 is 27.5 Å². The second-order valence-electron chi connectivity index (χ2n) is 3.97. The topological polar surface area (TPSA) is 12.9 Å². The molecule has 2 aromatic rings. The summed E-state index contributed by atoms with van der Waals surface area (Å²) in [6.07, 6.45) is 1.80. The van der Waals surface area contributed by atoms with Gasteiger partial charge in [0.15, 0.2) is 0 Å². The van der Waals surface area contributed by atoms with Crippen molar-refractivity contribution >= 4 is 27.5 Å². The first-order chi connectivity index (χ1) is 8.20. The van der Waals surface area contributed by atoms with Gasteiger partial charge in [0.2, 0.25) is 0 Å². The number of pyridine rings is 1. The van der Waals surface area contributed by atoms with Gasteiger partial charge in [0, 0.05) is 22.3 Å². The first-order valence-corrected chi connectivity index (χ1v) is 6.72. The van der Waals surface area contributed by atoms with E-state index < -0.39 is 0 Å². The molecule has 0 aliphatic carbocycles. The summed E-state index contributed by atoms with van der Waals surface area (Å²) < 4.78 is 1.04. The van der Waals surface area contributed by atoms with Crippen LogP contribution in [0, 0.1) is 0 Å². The Bertz CT molecular complexity index is 487. The standard InChI is InChI=1S/C14H13BrClN/c1-10(13-8-4-5-9-17-13)14(16)11-6-2-3-7-12(11)15/h2-10,14H,1H3. The Labute approximate surface area is 115 Å². The van der Waals surface area contributed by atoms with Crippen molar-refractivity contribution in [1.29, 1.82) is 0 Å². The number of aromatic nitrogens is 1. The lowest BCUT2D eigenvalue weighted by atomic mass is 9.97. The quantitative estimate of drug-likeness (QED) is 0.733. The molecular formula is C14H13BrClN. The molecular weight excluding hydrogens is 298 g/mol. The lowest BCUT2D eigenvalue weighted by Gasteiger charge is -2.19.